The minimum atomic E-state index is -0.681. The molecule has 0 saturated carbocycles. The molecular formula is C23H18FN3O2. The number of aliphatic hydroxyl groups is 1. The number of nitriles is 1. The number of rotatable bonds is 4. The van der Waals surface area contributed by atoms with Crippen LogP contribution in [0.1, 0.15) is 21.8 Å². The van der Waals surface area contributed by atoms with Gasteiger partial charge in [-0.1, -0.05) is 36.4 Å². The lowest BCUT2D eigenvalue weighted by Gasteiger charge is -2.51. The number of aliphatic hydroxyl groups excluding tert-OH is 1. The molecule has 1 amide bonds. The summed E-state index contributed by atoms with van der Waals surface area (Å²) in [6.07, 6.45) is 3.02. The van der Waals surface area contributed by atoms with Crippen LogP contribution in [0.2, 0.25) is 0 Å². The molecule has 0 radical (unpaired) electrons. The highest BCUT2D eigenvalue weighted by Gasteiger charge is 2.51. The highest BCUT2D eigenvalue weighted by atomic mass is 19.1. The van der Waals surface area contributed by atoms with E-state index in [1.807, 2.05) is 30.3 Å². The maximum atomic E-state index is 13.5. The fourth-order valence-electron chi connectivity index (χ4n) is 3.89. The van der Waals surface area contributed by atoms with Gasteiger partial charge in [-0.05, 0) is 41.0 Å². The third-order valence-corrected chi connectivity index (χ3v) is 5.33. The largest absolute Gasteiger partial charge is 0.394 e. The van der Waals surface area contributed by atoms with Crippen molar-refractivity contribution in [2.75, 3.05) is 6.61 Å². The van der Waals surface area contributed by atoms with Crippen molar-refractivity contribution in [3.05, 3.63) is 90.0 Å². The van der Waals surface area contributed by atoms with Gasteiger partial charge in [0, 0.05) is 18.3 Å². The number of carbonyl (C=O) groups is 1. The maximum Gasteiger partial charge on any atom is 0.256 e. The zero-order chi connectivity index (χ0) is 20.4. The van der Waals surface area contributed by atoms with E-state index < -0.39 is 12.1 Å². The summed E-state index contributed by atoms with van der Waals surface area (Å²) in [5.74, 6) is -0.927. The molecular weight excluding hydrogens is 369 g/mol. The summed E-state index contributed by atoms with van der Waals surface area (Å²) in [5.41, 5.74) is 2.84. The van der Waals surface area contributed by atoms with Crippen LogP contribution >= 0.6 is 0 Å². The minimum absolute atomic E-state index is 0.250. The monoisotopic (exact) mass is 387 g/mol. The number of aromatic nitrogens is 1. The van der Waals surface area contributed by atoms with Crippen molar-refractivity contribution in [3.63, 3.8) is 0 Å². The second kappa shape index (κ2) is 7.82. The molecule has 3 aromatic rings. The van der Waals surface area contributed by atoms with Gasteiger partial charge in [0.25, 0.3) is 5.91 Å². The Bertz CT molecular complexity index is 1060. The second-order valence-electron chi connectivity index (χ2n) is 6.94. The standard InChI is InChI=1S/C23H18FN3O2/c24-19-5-1-3-17(11-19)15-6-8-16(9-7-15)22-20(12-25)27(21(22)14-28)23(29)18-4-2-10-26-13-18/h1-11,13,20-22,28H,14H2/t20-,21-,22+/m0/s1. The first kappa shape index (κ1) is 18.8. The lowest BCUT2D eigenvalue weighted by atomic mass is 9.75. The summed E-state index contributed by atoms with van der Waals surface area (Å²) in [5, 5.41) is 19.6. The Labute approximate surface area is 167 Å². The van der Waals surface area contributed by atoms with Crippen LogP contribution < -0.4 is 0 Å². The molecule has 3 atom stereocenters. The number of nitrogens with zero attached hydrogens (tertiary/aromatic N) is 3. The molecule has 0 aliphatic carbocycles. The number of pyridine rings is 1. The molecule has 6 heteroatoms. The van der Waals surface area contributed by atoms with Crippen LogP contribution in [0.15, 0.2) is 73.1 Å². The molecule has 29 heavy (non-hydrogen) atoms. The average molecular weight is 387 g/mol. The average Bonchev–Trinajstić information content (AvgIpc) is 2.74. The Morgan fingerprint density at radius 1 is 1.14 bits per heavy atom. The predicted molar refractivity (Wildman–Crippen MR) is 105 cm³/mol. The first-order chi connectivity index (χ1) is 14.1. The van der Waals surface area contributed by atoms with Crippen molar-refractivity contribution < 1.29 is 14.3 Å². The molecule has 2 aromatic carbocycles. The third kappa shape index (κ3) is 3.37. The van der Waals surface area contributed by atoms with Crippen molar-refractivity contribution in [1.82, 2.24) is 9.88 Å². The molecule has 1 saturated heterocycles. The van der Waals surface area contributed by atoms with Crippen molar-refractivity contribution in [1.29, 1.82) is 5.26 Å². The number of carbonyl (C=O) groups excluding carboxylic acids is 1. The van der Waals surface area contributed by atoms with E-state index in [4.69, 9.17) is 0 Å². The highest BCUT2D eigenvalue weighted by Crippen LogP contribution is 2.41. The van der Waals surface area contributed by atoms with Crippen LogP contribution in [-0.4, -0.2) is 39.6 Å². The van der Waals surface area contributed by atoms with Gasteiger partial charge in [0.2, 0.25) is 0 Å². The Kier molecular flexibility index (Phi) is 5.07. The van der Waals surface area contributed by atoms with E-state index in [9.17, 15) is 19.6 Å². The number of benzene rings is 2. The molecule has 1 N–H and O–H groups in total. The summed E-state index contributed by atoms with van der Waals surface area (Å²) in [6, 6.07) is 18.1. The molecule has 5 nitrogen and oxygen atoms in total. The number of halogens is 1. The molecule has 0 spiro atoms. The summed E-state index contributed by atoms with van der Waals surface area (Å²) in [4.78, 5) is 18.2. The van der Waals surface area contributed by atoms with Gasteiger partial charge in [-0.2, -0.15) is 5.26 Å². The first-order valence-electron chi connectivity index (χ1n) is 9.23. The molecule has 1 aliphatic heterocycles. The van der Waals surface area contributed by atoms with Crippen LogP contribution in [-0.2, 0) is 0 Å². The van der Waals surface area contributed by atoms with Gasteiger partial charge in [-0.3, -0.25) is 9.78 Å². The Hall–Kier alpha value is -3.56. The smallest absolute Gasteiger partial charge is 0.256 e. The van der Waals surface area contributed by atoms with Crippen molar-refractivity contribution >= 4 is 5.91 Å². The van der Waals surface area contributed by atoms with Crippen LogP contribution in [0.3, 0.4) is 0 Å². The van der Waals surface area contributed by atoms with Gasteiger partial charge in [0.15, 0.2) is 0 Å². The van der Waals surface area contributed by atoms with Crippen molar-refractivity contribution in [2.45, 2.75) is 18.0 Å². The zero-order valence-corrected chi connectivity index (χ0v) is 15.4. The van der Waals surface area contributed by atoms with E-state index in [0.29, 0.717) is 5.56 Å². The number of hydrogen-bond acceptors (Lipinski definition) is 4. The maximum absolute atomic E-state index is 13.5. The molecule has 1 aromatic heterocycles. The number of likely N-dealkylation sites (tertiary alicyclic amines) is 1. The van der Waals surface area contributed by atoms with Crippen molar-refractivity contribution in [2.24, 2.45) is 0 Å². The van der Waals surface area contributed by atoms with E-state index >= 15 is 0 Å². The molecule has 1 fully saturated rings. The van der Waals surface area contributed by atoms with Crippen LogP contribution in [0.4, 0.5) is 4.39 Å². The molecule has 0 unspecified atom stereocenters. The Morgan fingerprint density at radius 2 is 1.93 bits per heavy atom. The summed E-state index contributed by atoms with van der Waals surface area (Å²) < 4.78 is 13.5. The fraction of sp³-hybridized carbons (Fsp3) is 0.174. The van der Waals surface area contributed by atoms with Gasteiger partial charge in [0.1, 0.15) is 11.9 Å². The molecule has 2 heterocycles. The minimum Gasteiger partial charge on any atom is -0.394 e. The second-order valence-corrected chi connectivity index (χ2v) is 6.94. The van der Waals surface area contributed by atoms with Crippen LogP contribution in [0.25, 0.3) is 11.1 Å². The predicted octanol–water partition coefficient (Wildman–Crippen LogP) is 3.38. The van der Waals surface area contributed by atoms with Gasteiger partial charge in [0.05, 0.1) is 24.3 Å². The van der Waals surface area contributed by atoms with Gasteiger partial charge in [-0.25, -0.2) is 4.39 Å². The highest BCUT2D eigenvalue weighted by molar-refractivity contribution is 5.95. The zero-order valence-electron chi connectivity index (χ0n) is 15.4. The van der Waals surface area contributed by atoms with Gasteiger partial charge in [-0.15, -0.1) is 0 Å². The van der Waals surface area contributed by atoms with E-state index in [2.05, 4.69) is 11.1 Å². The Balaban J connectivity index is 1.60. The van der Waals surface area contributed by atoms with Gasteiger partial charge >= 0.3 is 0 Å². The number of hydrogen-bond donors (Lipinski definition) is 1. The van der Waals surface area contributed by atoms with E-state index in [0.717, 1.165) is 16.7 Å². The molecule has 0 bridgehead atoms. The third-order valence-electron chi connectivity index (χ3n) is 5.33. The summed E-state index contributed by atoms with van der Waals surface area (Å²) >= 11 is 0. The number of amides is 1. The first-order valence-corrected chi connectivity index (χ1v) is 9.23. The lowest BCUT2D eigenvalue weighted by molar-refractivity contribution is -0.00588. The van der Waals surface area contributed by atoms with E-state index in [1.54, 1.807) is 24.4 Å². The molecule has 4 rings (SSSR count). The lowest BCUT2D eigenvalue weighted by Crippen LogP contribution is -2.65. The SMILES string of the molecule is N#C[C@H]1[C@@H](c2ccc(-c3cccc(F)c3)cc2)[C@H](CO)N1C(=O)c1cccnc1. The normalized spacial score (nSPS) is 20.6. The van der Waals surface area contributed by atoms with E-state index in [1.165, 1.54) is 23.2 Å². The summed E-state index contributed by atoms with van der Waals surface area (Å²) in [7, 11) is 0. The van der Waals surface area contributed by atoms with Crippen LogP contribution in [0, 0.1) is 17.1 Å². The summed E-state index contributed by atoms with van der Waals surface area (Å²) in [6.45, 7) is -0.250. The van der Waals surface area contributed by atoms with Crippen LogP contribution in [0.5, 0.6) is 0 Å². The van der Waals surface area contributed by atoms with E-state index in [-0.39, 0.29) is 24.2 Å². The fourth-order valence-corrected chi connectivity index (χ4v) is 3.89. The van der Waals surface area contributed by atoms with Gasteiger partial charge < -0.3 is 10.0 Å². The van der Waals surface area contributed by atoms with Crippen molar-refractivity contribution in [3.8, 4) is 17.2 Å². The molecule has 1 aliphatic rings. The molecule has 144 valence electrons. The Morgan fingerprint density at radius 3 is 2.55 bits per heavy atom. The topological polar surface area (TPSA) is 77.2 Å². The quantitative estimate of drug-likeness (QED) is 0.745.